The lowest BCUT2D eigenvalue weighted by atomic mass is 10.0. The fourth-order valence-electron chi connectivity index (χ4n) is 3.72. The predicted molar refractivity (Wildman–Crippen MR) is 168 cm³/mol. The maximum atomic E-state index is 13.4. The molecule has 1 aliphatic rings. The molecule has 41 heavy (non-hydrogen) atoms. The fourth-order valence-corrected chi connectivity index (χ4v) is 6.29. The Bertz CT molecular complexity index is 1150. The van der Waals surface area contributed by atoms with E-state index in [1.807, 2.05) is 25.3 Å². The van der Waals surface area contributed by atoms with Gasteiger partial charge >= 0.3 is 12.1 Å². The topological polar surface area (TPSA) is 136 Å². The van der Waals surface area contributed by atoms with Crippen LogP contribution in [0.15, 0.2) is 22.5 Å². The van der Waals surface area contributed by atoms with Crippen LogP contribution in [0.2, 0.25) is 12.6 Å². The molecule has 0 bridgehead atoms. The van der Waals surface area contributed by atoms with Gasteiger partial charge in [-0.2, -0.15) is 0 Å². The molecular weight excluding hydrogens is 581 g/mol. The summed E-state index contributed by atoms with van der Waals surface area (Å²) >= 11 is 2.79. The van der Waals surface area contributed by atoms with Crippen LogP contribution in [0, 0.1) is 5.92 Å². The third-order valence-electron chi connectivity index (χ3n) is 5.92. The molecule has 2 N–H and O–H groups in total. The zero-order chi connectivity index (χ0) is 30.8. The first kappa shape index (κ1) is 34.7. The largest absolute Gasteiger partial charge is 0.456 e. The molecule has 0 fully saturated rings. The Morgan fingerprint density at radius 1 is 1.24 bits per heavy atom. The van der Waals surface area contributed by atoms with Crippen LogP contribution >= 0.6 is 23.1 Å². The number of carbonyl (C=O) groups excluding carboxylic acids is 4. The third kappa shape index (κ3) is 11.7. The van der Waals surface area contributed by atoms with E-state index in [4.69, 9.17) is 9.47 Å². The Labute approximate surface area is 253 Å². The molecule has 2 heterocycles. The van der Waals surface area contributed by atoms with Crippen molar-refractivity contribution >= 4 is 61.4 Å². The second-order valence-electron chi connectivity index (χ2n) is 11.6. The van der Waals surface area contributed by atoms with E-state index < -0.39 is 35.3 Å². The lowest BCUT2D eigenvalue weighted by Gasteiger charge is -2.27. The SMILES string of the molecule is C[SiH2]CCC=CC(CC(C)=O)OC(=O)C(NC(=O)C1(C)CSC(c2csc(CNC(=O)OC(C)(C)C)n2)=N1)C(C)C. The summed E-state index contributed by atoms with van der Waals surface area (Å²) in [5.74, 6) is -0.892. The van der Waals surface area contributed by atoms with Gasteiger partial charge in [0, 0.05) is 27.1 Å². The molecule has 0 aliphatic carbocycles. The maximum Gasteiger partial charge on any atom is 0.408 e. The summed E-state index contributed by atoms with van der Waals surface area (Å²) in [5.41, 5.74) is -1.07. The van der Waals surface area contributed by atoms with E-state index in [0.717, 1.165) is 12.5 Å². The van der Waals surface area contributed by atoms with Gasteiger partial charge in [-0.3, -0.25) is 14.6 Å². The normalized spacial score (nSPS) is 18.9. The van der Waals surface area contributed by atoms with Crippen molar-refractivity contribution in [2.24, 2.45) is 10.9 Å². The van der Waals surface area contributed by atoms with Crippen LogP contribution < -0.4 is 10.6 Å². The first-order chi connectivity index (χ1) is 19.1. The van der Waals surface area contributed by atoms with Crippen molar-refractivity contribution in [3.05, 3.63) is 28.2 Å². The average Bonchev–Trinajstić information content (AvgIpc) is 3.49. The van der Waals surface area contributed by atoms with Crippen molar-refractivity contribution in [1.82, 2.24) is 15.6 Å². The van der Waals surface area contributed by atoms with E-state index in [1.54, 1.807) is 33.8 Å². The van der Waals surface area contributed by atoms with Crippen LogP contribution in [0.5, 0.6) is 0 Å². The summed E-state index contributed by atoms with van der Waals surface area (Å²) in [6.45, 7) is 14.7. The first-order valence-electron chi connectivity index (χ1n) is 14.0. The average molecular weight is 625 g/mol. The second-order valence-corrected chi connectivity index (χ2v) is 15.2. The van der Waals surface area contributed by atoms with E-state index in [1.165, 1.54) is 30.0 Å². The number of aliphatic imine (C=N–C) groups is 1. The lowest BCUT2D eigenvalue weighted by molar-refractivity contribution is -0.153. The summed E-state index contributed by atoms with van der Waals surface area (Å²) < 4.78 is 10.9. The fraction of sp³-hybridized carbons (Fsp3) is 0.643. The van der Waals surface area contributed by atoms with Crippen molar-refractivity contribution in [1.29, 1.82) is 0 Å². The van der Waals surface area contributed by atoms with Crippen LogP contribution in [0.1, 0.15) is 72.0 Å². The Balaban J connectivity index is 2.06. The summed E-state index contributed by atoms with van der Waals surface area (Å²) in [5, 5.41) is 8.67. The zero-order valence-electron chi connectivity index (χ0n) is 25.4. The second kappa shape index (κ2) is 15.6. The number of aromatic nitrogens is 1. The number of rotatable bonds is 14. The number of amides is 2. The van der Waals surface area contributed by atoms with Gasteiger partial charge in [0.15, 0.2) is 0 Å². The van der Waals surface area contributed by atoms with E-state index >= 15 is 0 Å². The molecule has 3 atom stereocenters. The monoisotopic (exact) mass is 624 g/mol. The molecule has 0 saturated heterocycles. The highest BCUT2D eigenvalue weighted by Crippen LogP contribution is 2.32. The number of nitrogens with one attached hydrogen (secondary N) is 2. The molecule has 0 aromatic carbocycles. The van der Waals surface area contributed by atoms with E-state index in [-0.39, 0.29) is 40.1 Å². The van der Waals surface area contributed by atoms with Crippen LogP contribution in [-0.4, -0.2) is 72.3 Å². The van der Waals surface area contributed by atoms with E-state index in [2.05, 4.69) is 27.2 Å². The minimum absolute atomic E-state index is 0.0643. The smallest absolute Gasteiger partial charge is 0.408 e. The van der Waals surface area contributed by atoms with Gasteiger partial charge in [-0.15, -0.1) is 23.1 Å². The van der Waals surface area contributed by atoms with Gasteiger partial charge in [0.1, 0.15) is 44.8 Å². The minimum Gasteiger partial charge on any atom is -0.456 e. The van der Waals surface area contributed by atoms with Crippen molar-refractivity contribution < 1.29 is 28.7 Å². The highest BCUT2D eigenvalue weighted by Gasteiger charge is 2.41. The van der Waals surface area contributed by atoms with Gasteiger partial charge in [0.2, 0.25) is 5.91 Å². The quantitative estimate of drug-likeness (QED) is 0.137. The number of ether oxygens (including phenoxy) is 2. The lowest BCUT2D eigenvalue weighted by Crippen LogP contribution is -2.53. The number of nitrogens with zero attached hydrogens (tertiary/aromatic N) is 2. The van der Waals surface area contributed by atoms with E-state index in [9.17, 15) is 19.2 Å². The predicted octanol–water partition coefficient (Wildman–Crippen LogP) is 4.03. The minimum atomic E-state index is -1.10. The summed E-state index contributed by atoms with van der Waals surface area (Å²) in [6.07, 6.45) is 3.55. The number of esters is 1. The van der Waals surface area contributed by atoms with E-state index in [0.29, 0.717) is 21.5 Å². The van der Waals surface area contributed by atoms with Crippen molar-refractivity contribution in [2.75, 3.05) is 5.75 Å². The highest BCUT2D eigenvalue weighted by atomic mass is 32.2. The number of thiazole rings is 1. The molecule has 2 amide bonds. The molecule has 228 valence electrons. The van der Waals surface area contributed by atoms with Crippen LogP contribution in [0.3, 0.4) is 0 Å². The molecule has 2 rings (SSSR count). The van der Waals surface area contributed by atoms with Gasteiger partial charge in [0.25, 0.3) is 0 Å². The Hall–Kier alpha value is -2.51. The molecule has 1 aromatic rings. The summed E-state index contributed by atoms with van der Waals surface area (Å²) in [6, 6.07) is 0.255. The Kier molecular flexibility index (Phi) is 13.2. The summed E-state index contributed by atoms with van der Waals surface area (Å²) in [4.78, 5) is 59.4. The third-order valence-corrected chi connectivity index (χ3v) is 9.16. The van der Waals surface area contributed by atoms with Gasteiger partial charge in [-0.25, -0.2) is 14.6 Å². The van der Waals surface area contributed by atoms with Crippen LogP contribution in [-0.2, 0) is 30.4 Å². The first-order valence-corrected chi connectivity index (χ1v) is 18.2. The molecular formula is C28H44N4O6S2Si. The molecule has 13 heteroatoms. The maximum absolute atomic E-state index is 13.4. The van der Waals surface area contributed by atoms with Crippen LogP contribution in [0.4, 0.5) is 4.79 Å². The van der Waals surface area contributed by atoms with Gasteiger partial charge < -0.3 is 20.1 Å². The number of alkyl carbamates (subject to hydrolysis) is 1. The number of hydrogen-bond acceptors (Lipinski definition) is 10. The molecule has 3 unspecified atom stereocenters. The number of carbonyl (C=O) groups is 4. The molecule has 0 spiro atoms. The number of hydrogen-bond donors (Lipinski definition) is 2. The standard InChI is InChI=1S/C28H44N4O6S2Si/c1-17(2)22(24(34)37-19(13-18(3)33)11-9-10-12-41-8)31-25(35)28(7)16-40-23(32-28)20-15-39-21(30-20)14-29-26(36)38-27(4,5)6/h9,11,15,17,19,22H,10,12-14,16,41H2,1-8H3,(H,29,36)(H,31,35). The number of ketones is 1. The molecule has 1 aromatic heterocycles. The van der Waals surface area contributed by atoms with Gasteiger partial charge in [-0.1, -0.05) is 32.5 Å². The number of Topliss-reactive ketones (excluding diaryl/α,β-unsaturated/α-hetero) is 1. The number of thioether (sulfide) groups is 1. The van der Waals surface area contributed by atoms with Crippen molar-refractivity contribution in [2.45, 2.75) is 104 Å². The summed E-state index contributed by atoms with van der Waals surface area (Å²) in [7, 11) is -0.0643. The van der Waals surface area contributed by atoms with Gasteiger partial charge in [0.05, 0.1) is 6.54 Å². The number of allylic oxidation sites excluding steroid dienone is 1. The zero-order valence-corrected chi connectivity index (χ0v) is 28.4. The Morgan fingerprint density at radius 2 is 1.95 bits per heavy atom. The van der Waals surface area contributed by atoms with Crippen molar-refractivity contribution in [3.63, 3.8) is 0 Å². The molecule has 1 aliphatic heterocycles. The molecule has 0 saturated carbocycles. The molecule has 0 radical (unpaired) electrons. The Morgan fingerprint density at radius 3 is 2.56 bits per heavy atom. The molecule has 10 nitrogen and oxygen atoms in total. The van der Waals surface area contributed by atoms with Crippen LogP contribution in [0.25, 0.3) is 0 Å². The van der Waals surface area contributed by atoms with Gasteiger partial charge in [-0.05, 0) is 53.0 Å². The highest BCUT2D eigenvalue weighted by molar-refractivity contribution is 8.14. The van der Waals surface area contributed by atoms with Crippen molar-refractivity contribution in [3.8, 4) is 0 Å².